The monoisotopic (exact) mass is 180 g/mol. The molecule has 72 valence electrons. The van der Waals surface area contributed by atoms with Gasteiger partial charge in [0.2, 0.25) is 0 Å². The largest absolute Gasteiger partial charge is 0.302 e. The van der Waals surface area contributed by atoms with E-state index < -0.39 is 0 Å². The van der Waals surface area contributed by atoms with Gasteiger partial charge in [-0.3, -0.25) is 0 Å². The van der Waals surface area contributed by atoms with Gasteiger partial charge in [-0.1, -0.05) is 0 Å². The summed E-state index contributed by atoms with van der Waals surface area (Å²) in [6.07, 6.45) is 0.929. The van der Waals surface area contributed by atoms with E-state index in [1.807, 2.05) is 13.8 Å². The molecule has 0 fully saturated rings. The van der Waals surface area contributed by atoms with Gasteiger partial charge in [0.05, 0.1) is 24.2 Å². The summed E-state index contributed by atoms with van der Waals surface area (Å²) in [5.41, 5.74) is 0. The maximum absolute atomic E-state index is 8.45. The van der Waals surface area contributed by atoms with Crippen molar-refractivity contribution in [3.05, 3.63) is 0 Å². The molecule has 0 saturated carbocycles. The van der Waals surface area contributed by atoms with E-state index in [-0.39, 0.29) is 12.1 Å². The Hall–Kier alpha value is -1.10. The summed E-state index contributed by atoms with van der Waals surface area (Å²) in [6, 6.07) is 4.00. The third-order valence-electron chi connectivity index (χ3n) is 1.64. The predicted molar refractivity (Wildman–Crippen MR) is 50.8 cm³/mol. The molecular weight excluding hydrogens is 164 g/mol. The van der Waals surface area contributed by atoms with Crippen LogP contribution in [0.25, 0.3) is 0 Å². The summed E-state index contributed by atoms with van der Waals surface area (Å²) < 4.78 is 0. The minimum absolute atomic E-state index is 0.0895. The fourth-order valence-corrected chi connectivity index (χ4v) is 0.817. The first-order valence-electron chi connectivity index (χ1n) is 4.46. The maximum Gasteiger partial charge on any atom is 0.0924 e. The van der Waals surface area contributed by atoms with Crippen LogP contribution in [0.5, 0.6) is 0 Å². The molecule has 0 aliphatic heterocycles. The second-order valence-electron chi connectivity index (χ2n) is 2.96. The number of nitrogens with one attached hydrogen (secondary N) is 2. The second-order valence-corrected chi connectivity index (χ2v) is 2.96. The molecule has 2 atom stereocenters. The first-order valence-corrected chi connectivity index (χ1v) is 4.46. The van der Waals surface area contributed by atoms with Gasteiger partial charge < -0.3 is 10.6 Å². The summed E-state index contributed by atoms with van der Waals surface area (Å²) in [4.78, 5) is 0. The number of rotatable bonds is 6. The third kappa shape index (κ3) is 7.27. The van der Waals surface area contributed by atoms with E-state index in [1.54, 1.807) is 0 Å². The van der Waals surface area contributed by atoms with Crippen molar-refractivity contribution in [3.63, 3.8) is 0 Å². The van der Waals surface area contributed by atoms with Crippen LogP contribution in [-0.2, 0) is 0 Å². The minimum atomic E-state index is -0.0895. The van der Waals surface area contributed by atoms with Gasteiger partial charge in [-0.25, -0.2) is 0 Å². The summed E-state index contributed by atoms with van der Waals surface area (Å²) in [7, 11) is 0. The van der Waals surface area contributed by atoms with Gasteiger partial charge in [0.15, 0.2) is 0 Å². The van der Waals surface area contributed by atoms with Gasteiger partial charge in [-0.05, 0) is 33.4 Å². The minimum Gasteiger partial charge on any atom is -0.302 e. The van der Waals surface area contributed by atoms with E-state index >= 15 is 0 Å². The number of hydrogen-bond acceptors (Lipinski definition) is 4. The fraction of sp³-hybridized carbons (Fsp3) is 0.778. The van der Waals surface area contributed by atoms with E-state index in [9.17, 15) is 0 Å². The normalized spacial score (nSPS) is 14.2. The molecule has 2 N–H and O–H groups in total. The molecule has 0 aromatic heterocycles. The molecule has 13 heavy (non-hydrogen) atoms. The Kier molecular flexibility index (Phi) is 6.91. The van der Waals surface area contributed by atoms with Crippen molar-refractivity contribution >= 4 is 0 Å². The van der Waals surface area contributed by atoms with E-state index in [2.05, 4.69) is 22.8 Å². The Morgan fingerprint density at radius 2 is 1.38 bits per heavy atom. The van der Waals surface area contributed by atoms with Gasteiger partial charge in [-0.2, -0.15) is 10.5 Å². The number of hydrogen-bond donors (Lipinski definition) is 2. The Morgan fingerprint density at radius 3 is 1.69 bits per heavy atom. The van der Waals surface area contributed by atoms with E-state index in [1.165, 1.54) is 0 Å². The van der Waals surface area contributed by atoms with Crippen molar-refractivity contribution in [1.29, 1.82) is 10.5 Å². The molecule has 0 saturated heterocycles. The highest BCUT2D eigenvalue weighted by Crippen LogP contribution is 1.81. The lowest BCUT2D eigenvalue weighted by Gasteiger charge is -2.07. The van der Waals surface area contributed by atoms with E-state index in [4.69, 9.17) is 10.5 Å². The fourth-order valence-electron chi connectivity index (χ4n) is 0.817. The Bertz CT molecular complexity index is 179. The van der Waals surface area contributed by atoms with Crippen molar-refractivity contribution in [2.24, 2.45) is 0 Å². The molecule has 0 amide bonds. The molecule has 0 bridgehead atoms. The van der Waals surface area contributed by atoms with Crippen LogP contribution in [-0.4, -0.2) is 25.2 Å². The van der Waals surface area contributed by atoms with Crippen LogP contribution in [0.3, 0.4) is 0 Å². The maximum atomic E-state index is 8.45. The Balaban J connectivity index is 3.19. The molecule has 0 aromatic rings. The van der Waals surface area contributed by atoms with Gasteiger partial charge >= 0.3 is 0 Å². The van der Waals surface area contributed by atoms with Crippen LogP contribution in [0.4, 0.5) is 0 Å². The molecule has 0 aliphatic carbocycles. The summed E-state index contributed by atoms with van der Waals surface area (Å²) in [5, 5.41) is 23.0. The highest BCUT2D eigenvalue weighted by molar-refractivity contribution is 4.86. The van der Waals surface area contributed by atoms with Crippen LogP contribution in [0.2, 0.25) is 0 Å². The summed E-state index contributed by atoms with van der Waals surface area (Å²) in [6.45, 7) is 5.26. The number of nitrogens with zero attached hydrogens (tertiary/aromatic N) is 2. The average Bonchev–Trinajstić information content (AvgIpc) is 2.16. The van der Waals surface area contributed by atoms with Gasteiger partial charge in [0.1, 0.15) is 0 Å². The van der Waals surface area contributed by atoms with Crippen molar-refractivity contribution in [2.75, 3.05) is 13.1 Å². The van der Waals surface area contributed by atoms with Crippen molar-refractivity contribution < 1.29 is 0 Å². The lowest BCUT2D eigenvalue weighted by molar-refractivity contribution is 0.561. The predicted octanol–water partition coefficient (Wildman–Crippen LogP) is 0.380. The molecule has 4 nitrogen and oxygen atoms in total. The molecular formula is C9H16N4. The Labute approximate surface area is 79.5 Å². The zero-order valence-corrected chi connectivity index (χ0v) is 8.17. The average molecular weight is 180 g/mol. The van der Waals surface area contributed by atoms with Gasteiger partial charge in [0.25, 0.3) is 0 Å². The molecule has 0 heterocycles. The van der Waals surface area contributed by atoms with Crippen molar-refractivity contribution in [2.45, 2.75) is 32.4 Å². The van der Waals surface area contributed by atoms with Crippen LogP contribution in [0.1, 0.15) is 20.3 Å². The van der Waals surface area contributed by atoms with Crippen LogP contribution in [0.15, 0.2) is 0 Å². The zero-order valence-electron chi connectivity index (χ0n) is 8.17. The van der Waals surface area contributed by atoms with Crippen LogP contribution in [0, 0.1) is 22.7 Å². The topological polar surface area (TPSA) is 71.6 Å². The van der Waals surface area contributed by atoms with E-state index in [0.717, 1.165) is 19.5 Å². The molecule has 2 unspecified atom stereocenters. The Morgan fingerprint density at radius 1 is 1.00 bits per heavy atom. The highest BCUT2D eigenvalue weighted by Gasteiger charge is 1.98. The van der Waals surface area contributed by atoms with Crippen molar-refractivity contribution in [3.8, 4) is 12.1 Å². The first-order chi connectivity index (χ1) is 6.20. The van der Waals surface area contributed by atoms with Crippen LogP contribution < -0.4 is 10.6 Å². The van der Waals surface area contributed by atoms with Crippen molar-refractivity contribution in [1.82, 2.24) is 10.6 Å². The van der Waals surface area contributed by atoms with Gasteiger partial charge in [-0.15, -0.1) is 0 Å². The van der Waals surface area contributed by atoms with E-state index in [0.29, 0.717) is 0 Å². The lowest BCUT2D eigenvalue weighted by atomic mass is 10.3. The molecule has 0 aliphatic rings. The third-order valence-corrected chi connectivity index (χ3v) is 1.64. The van der Waals surface area contributed by atoms with Crippen LogP contribution >= 0.6 is 0 Å². The quantitative estimate of drug-likeness (QED) is 0.580. The standard InChI is InChI=1S/C9H16N4/c1-8(6-10)12-4-3-5-13-9(2)7-11/h8-9,12-13H,3-5H2,1-2H3. The summed E-state index contributed by atoms with van der Waals surface area (Å²) >= 11 is 0. The zero-order chi connectivity index (χ0) is 10.1. The smallest absolute Gasteiger partial charge is 0.0924 e. The SMILES string of the molecule is CC(C#N)NCCCNC(C)C#N. The molecule has 0 spiro atoms. The van der Waals surface area contributed by atoms with Gasteiger partial charge in [0, 0.05) is 0 Å². The molecule has 0 aromatic carbocycles. The molecule has 0 rings (SSSR count). The summed E-state index contributed by atoms with van der Waals surface area (Å²) in [5.74, 6) is 0. The second kappa shape index (κ2) is 7.54. The molecule has 4 heteroatoms. The lowest BCUT2D eigenvalue weighted by Crippen LogP contribution is -2.30. The molecule has 0 radical (unpaired) electrons. The number of nitriles is 2. The highest BCUT2D eigenvalue weighted by atomic mass is 14.9. The first kappa shape index (κ1) is 11.9.